The van der Waals surface area contributed by atoms with E-state index in [1.807, 2.05) is 0 Å². The molecule has 4 rings (SSSR count). The van der Waals surface area contributed by atoms with Crippen LogP contribution in [0.1, 0.15) is 32.1 Å². The first kappa shape index (κ1) is 23.5. The van der Waals surface area contributed by atoms with Gasteiger partial charge in [0.25, 0.3) is 0 Å². The number of fused-ring (bicyclic) bond motifs is 2. The molecule has 9 nitrogen and oxygen atoms in total. The van der Waals surface area contributed by atoms with Crippen LogP contribution in [0.3, 0.4) is 0 Å². The third-order valence-corrected chi connectivity index (χ3v) is 6.03. The van der Waals surface area contributed by atoms with Crippen molar-refractivity contribution in [3.63, 3.8) is 0 Å². The summed E-state index contributed by atoms with van der Waals surface area (Å²) in [7, 11) is 1.61. The number of anilines is 1. The predicted molar refractivity (Wildman–Crippen MR) is 130 cm³/mol. The first-order valence-corrected chi connectivity index (χ1v) is 11.6. The van der Waals surface area contributed by atoms with Crippen molar-refractivity contribution in [2.24, 2.45) is 0 Å². The number of rotatable bonds is 9. The molecule has 0 aliphatic carbocycles. The molecule has 0 saturated heterocycles. The van der Waals surface area contributed by atoms with Gasteiger partial charge in [-0.25, -0.2) is 14.1 Å². The van der Waals surface area contributed by atoms with E-state index in [9.17, 15) is 9.18 Å². The van der Waals surface area contributed by atoms with E-state index in [4.69, 9.17) is 5.26 Å². The van der Waals surface area contributed by atoms with Crippen LogP contribution in [0, 0.1) is 17.1 Å². The molecule has 3 aromatic heterocycles. The number of benzene rings is 1. The number of nitrogens with zero attached hydrogens (tertiary/aromatic N) is 6. The maximum Gasteiger partial charge on any atom is 0.224 e. The van der Waals surface area contributed by atoms with Crippen LogP contribution in [0.15, 0.2) is 41.3 Å². The molecule has 4 aromatic rings. The number of hydrogen-bond acceptors (Lipinski definition) is 7. The quantitative estimate of drug-likeness (QED) is 0.335. The van der Waals surface area contributed by atoms with Crippen LogP contribution < -0.4 is 10.6 Å². The van der Waals surface area contributed by atoms with E-state index in [0.29, 0.717) is 64.8 Å². The Morgan fingerprint density at radius 3 is 2.97 bits per heavy atom. The smallest absolute Gasteiger partial charge is 0.224 e. The molecule has 0 aliphatic heterocycles. The van der Waals surface area contributed by atoms with E-state index >= 15 is 0 Å². The fourth-order valence-corrected chi connectivity index (χ4v) is 4.16. The molecule has 3 heterocycles. The Morgan fingerprint density at radius 1 is 1.32 bits per heavy atom. The Kier molecular flexibility index (Phi) is 7.27. The number of halogens is 2. The molecule has 2 N–H and O–H groups in total. The minimum Gasteiger partial charge on any atom is -0.359 e. The number of pyridine rings is 1. The lowest BCUT2D eigenvalue weighted by Crippen LogP contribution is -2.23. The van der Waals surface area contributed by atoms with Gasteiger partial charge < -0.3 is 10.6 Å². The van der Waals surface area contributed by atoms with Crippen LogP contribution in [0.25, 0.3) is 27.6 Å². The summed E-state index contributed by atoms with van der Waals surface area (Å²) in [5.41, 5.74) is 1.29. The Balaban J connectivity index is 1.65. The molecule has 1 amide bonds. The molecule has 0 bridgehead atoms. The average molecular weight is 525 g/mol. The summed E-state index contributed by atoms with van der Waals surface area (Å²) >= 11 is 3.44. The predicted octanol–water partition coefficient (Wildman–Crippen LogP) is 4.27. The molecular weight excluding hydrogens is 503 g/mol. The number of carbonyl (C=O) groups excluding carboxylic acids is 1. The largest absolute Gasteiger partial charge is 0.359 e. The van der Waals surface area contributed by atoms with Gasteiger partial charge in [-0.15, -0.1) is 0 Å². The normalized spacial score (nSPS) is 11.9. The van der Waals surface area contributed by atoms with Gasteiger partial charge in [-0.05, 0) is 47.3 Å². The highest BCUT2D eigenvalue weighted by molar-refractivity contribution is 9.10. The van der Waals surface area contributed by atoms with Gasteiger partial charge in [-0.1, -0.05) is 6.07 Å². The van der Waals surface area contributed by atoms with E-state index in [1.165, 1.54) is 6.07 Å². The number of amides is 1. The van der Waals surface area contributed by atoms with Crippen LogP contribution in [0.4, 0.5) is 10.3 Å². The van der Waals surface area contributed by atoms with Gasteiger partial charge in [0, 0.05) is 49.8 Å². The van der Waals surface area contributed by atoms with E-state index in [2.05, 4.69) is 52.7 Å². The zero-order chi connectivity index (χ0) is 24.1. The second kappa shape index (κ2) is 10.5. The number of hydrogen-bond donors (Lipinski definition) is 2. The number of nitriles is 1. The maximum atomic E-state index is 14.7. The fraction of sp³-hybridized carbons (Fsp3) is 0.304. The molecule has 0 saturated carbocycles. The summed E-state index contributed by atoms with van der Waals surface area (Å²) in [4.78, 5) is 24.7. The van der Waals surface area contributed by atoms with Gasteiger partial charge in [0.05, 0.1) is 17.1 Å². The van der Waals surface area contributed by atoms with Crippen molar-refractivity contribution in [2.75, 3.05) is 12.4 Å². The third-order valence-electron chi connectivity index (χ3n) is 5.44. The number of nitrogens with one attached hydrogen (secondary N) is 2. The van der Waals surface area contributed by atoms with E-state index < -0.39 is 5.82 Å². The molecule has 174 valence electrons. The van der Waals surface area contributed by atoms with Crippen molar-refractivity contribution in [1.29, 1.82) is 5.26 Å². The summed E-state index contributed by atoms with van der Waals surface area (Å²) in [5.74, 6) is -0.108. The third kappa shape index (κ3) is 5.12. The summed E-state index contributed by atoms with van der Waals surface area (Å²) < 4.78 is 16.8. The molecule has 0 spiro atoms. The average Bonchev–Trinajstić information content (AvgIpc) is 3.18. The van der Waals surface area contributed by atoms with Gasteiger partial charge in [-0.3, -0.25) is 9.78 Å². The van der Waals surface area contributed by atoms with Crippen molar-refractivity contribution in [2.45, 2.75) is 38.1 Å². The van der Waals surface area contributed by atoms with E-state index in [-0.39, 0.29) is 17.5 Å². The highest BCUT2D eigenvalue weighted by Crippen LogP contribution is 2.27. The molecular formula is C23H22BrFN8O. The fourth-order valence-electron chi connectivity index (χ4n) is 3.72. The highest BCUT2D eigenvalue weighted by atomic mass is 79.9. The van der Waals surface area contributed by atoms with Crippen LogP contribution in [-0.4, -0.2) is 43.7 Å². The molecule has 0 aliphatic rings. The molecule has 0 fully saturated rings. The van der Waals surface area contributed by atoms with Crippen LogP contribution in [0.2, 0.25) is 0 Å². The molecule has 0 radical (unpaired) electrons. The first-order chi connectivity index (χ1) is 16.5. The topological polar surface area (TPSA) is 121 Å². The second-order valence-electron chi connectivity index (χ2n) is 7.74. The molecule has 1 aromatic carbocycles. The summed E-state index contributed by atoms with van der Waals surface area (Å²) in [6.45, 7) is 0. The maximum absolute atomic E-state index is 14.7. The van der Waals surface area contributed by atoms with Gasteiger partial charge in [0.1, 0.15) is 10.1 Å². The van der Waals surface area contributed by atoms with Gasteiger partial charge in [0.2, 0.25) is 11.9 Å². The van der Waals surface area contributed by atoms with Gasteiger partial charge >= 0.3 is 0 Å². The minimum atomic E-state index is -0.451. The summed E-state index contributed by atoms with van der Waals surface area (Å²) in [6.07, 6.45) is 5.91. The lowest BCUT2D eigenvalue weighted by molar-refractivity contribution is -0.120. The zero-order valence-corrected chi connectivity index (χ0v) is 20.0. The highest BCUT2D eigenvalue weighted by Gasteiger charge is 2.17. The Morgan fingerprint density at radius 2 is 2.18 bits per heavy atom. The zero-order valence-electron chi connectivity index (χ0n) is 18.4. The van der Waals surface area contributed by atoms with Crippen LogP contribution in [0.5, 0.6) is 0 Å². The molecule has 11 heteroatoms. The van der Waals surface area contributed by atoms with Gasteiger partial charge in [0.15, 0.2) is 11.5 Å². The Hall–Kier alpha value is -3.65. The van der Waals surface area contributed by atoms with Crippen molar-refractivity contribution in [3.8, 4) is 11.8 Å². The number of carbonyl (C=O) groups is 1. The van der Waals surface area contributed by atoms with Crippen LogP contribution in [-0.2, 0) is 4.79 Å². The Bertz CT molecular complexity index is 1380. The number of aromatic nitrogens is 5. The minimum absolute atomic E-state index is 0.0247. The molecule has 34 heavy (non-hydrogen) atoms. The first-order valence-electron chi connectivity index (χ1n) is 10.8. The van der Waals surface area contributed by atoms with E-state index in [1.54, 1.807) is 42.3 Å². The molecule has 1 atom stereocenters. The van der Waals surface area contributed by atoms with Crippen molar-refractivity contribution in [1.82, 2.24) is 30.0 Å². The summed E-state index contributed by atoms with van der Waals surface area (Å²) in [6, 6.07) is 8.79. The lowest BCUT2D eigenvalue weighted by atomic mass is 10.0. The van der Waals surface area contributed by atoms with Crippen LogP contribution >= 0.6 is 15.9 Å². The Labute approximate surface area is 203 Å². The monoisotopic (exact) mass is 524 g/mol. The van der Waals surface area contributed by atoms with Crippen molar-refractivity contribution in [3.05, 3.63) is 47.1 Å². The lowest BCUT2D eigenvalue weighted by Gasteiger charge is -2.17. The summed E-state index contributed by atoms with van der Waals surface area (Å²) in [5, 5.41) is 20.7. The van der Waals surface area contributed by atoms with E-state index in [0.717, 1.165) is 0 Å². The van der Waals surface area contributed by atoms with Crippen molar-refractivity contribution < 1.29 is 9.18 Å². The molecule has 0 unspecified atom stereocenters. The standard InChI is InChI=1S/C23H22BrFN8O/c1-27-19(34)8-2-6-15(7-3-9-26)30-23-29-13-17-21(24)32-33(22(17)31-23)16-11-14-5-4-10-28-20(14)18(25)12-16/h4-5,10-13,15H,2-3,6-8H2,1H3,(H,27,34)(H,29,30,31)/t15-/m1/s1. The second-order valence-corrected chi connectivity index (χ2v) is 8.49. The van der Waals surface area contributed by atoms with Gasteiger partial charge in [-0.2, -0.15) is 15.3 Å². The SMILES string of the molecule is CNC(=O)CCC[C@H](CCC#N)Nc1ncc2c(Br)nn(-c3cc(F)c4ncccc4c3)c2n1. The van der Waals surface area contributed by atoms with Crippen molar-refractivity contribution >= 4 is 49.7 Å².